The predicted octanol–water partition coefficient (Wildman–Crippen LogP) is 5.20. The minimum atomic E-state index is -0.722. The maximum absolute atomic E-state index is 12.9. The smallest absolute Gasteiger partial charge is 0.265 e. The average Bonchev–Trinajstić information content (AvgIpc) is 2.73. The largest absolute Gasteiger partial charge is 0.481 e. The Hall–Kier alpha value is -3.60. The van der Waals surface area contributed by atoms with Crippen LogP contribution in [0.3, 0.4) is 0 Å². The van der Waals surface area contributed by atoms with Crippen LogP contribution in [0.4, 0.5) is 5.69 Å². The van der Waals surface area contributed by atoms with Crippen molar-refractivity contribution in [2.75, 3.05) is 5.32 Å². The van der Waals surface area contributed by atoms with Crippen LogP contribution in [0.25, 0.3) is 0 Å². The number of anilines is 1. The third-order valence-electron chi connectivity index (χ3n) is 4.95. The first kappa shape index (κ1) is 22.1. The molecule has 5 heteroatoms. The first-order valence-corrected chi connectivity index (χ1v) is 10.3. The normalized spacial score (nSPS) is 12.5. The number of carbonyl (C=O) groups excluding carboxylic acids is 2. The molecule has 5 nitrogen and oxygen atoms in total. The lowest BCUT2D eigenvalue weighted by Crippen LogP contribution is -2.32. The van der Waals surface area contributed by atoms with Crippen LogP contribution < -0.4 is 15.4 Å². The summed E-state index contributed by atoms with van der Waals surface area (Å²) in [5.74, 6) is 0.0634. The zero-order chi connectivity index (χ0) is 22.4. The molecular weight excluding hydrogens is 388 g/mol. The Morgan fingerprint density at radius 2 is 1.45 bits per heavy atom. The zero-order valence-electron chi connectivity index (χ0n) is 18.3. The lowest BCUT2D eigenvalue weighted by atomic mass is 10.1. The van der Waals surface area contributed by atoms with Gasteiger partial charge in [-0.15, -0.1) is 0 Å². The molecule has 31 heavy (non-hydrogen) atoms. The molecule has 2 amide bonds. The minimum absolute atomic E-state index is 0.163. The van der Waals surface area contributed by atoms with Crippen LogP contribution in [0.5, 0.6) is 5.75 Å². The van der Waals surface area contributed by atoms with Gasteiger partial charge >= 0.3 is 0 Å². The van der Waals surface area contributed by atoms with Gasteiger partial charge in [-0.05, 0) is 68.7 Å². The summed E-state index contributed by atoms with van der Waals surface area (Å²) in [7, 11) is 0. The van der Waals surface area contributed by atoms with Gasteiger partial charge in [-0.25, -0.2) is 0 Å². The van der Waals surface area contributed by atoms with E-state index in [4.69, 9.17) is 4.74 Å². The van der Waals surface area contributed by atoms with Crippen LogP contribution in [0.1, 0.15) is 46.9 Å². The van der Waals surface area contributed by atoms with Gasteiger partial charge in [0.25, 0.3) is 11.8 Å². The molecular formula is C26H28N2O3. The number of amides is 2. The summed E-state index contributed by atoms with van der Waals surface area (Å²) in [6.45, 7) is 7.58. The van der Waals surface area contributed by atoms with E-state index in [1.807, 2.05) is 69.3 Å². The van der Waals surface area contributed by atoms with Gasteiger partial charge < -0.3 is 15.4 Å². The number of carbonyl (C=O) groups is 2. The lowest BCUT2D eigenvalue weighted by molar-refractivity contribution is -0.122. The molecule has 2 atom stereocenters. The van der Waals surface area contributed by atoms with Crippen molar-refractivity contribution in [1.29, 1.82) is 0 Å². The number of hydrogen-bond acceptors (Lipinski definition) is 3. The van der Waals surface area contributed by atoms with E-state index in [9.17, 15) is 9.59 Å². The van der Waals surface area contributed by atoms with Crippen molar-refractivity contribution in [2.24, 2.45) is 0 Å². The Balaban J connectivity index is 1.69. The summed E-state index contributed by atoms with van der Waals surface area (Å²) >= 11 is 0. The molecule has 3 rings (SSSR count). The third kappa shape index (κ3) is 5.95. The highest BCUT2D eigenvalue weighted by molar-refractivity contribution is 6.04. The second-order valence-electron chi connectivity index (χ2n) is 7.72. The van der Waals surface area contributed by atoms with Gasteiger partial charge in [0.2, 0.25) is 0 Å². The van der Waals surface area contributed by atoms with Crippen molar-refractivity contribution in [3.8, 4) is 5.75 Å². The highest BCUT2D eigenvalue weighted by Crippen LogP contribution is 2.20. The molecule has 0 heterocycles. The Bertz CT molecular complexity index is 1040. The summed E-state index contributed by atoms with van der Waals surface area (Å²) in [6, 6.07) is 22.3. The summed E-state index contributed by atoms with van der Waals surface area (Å²) in [5.41, 5.74) is 3.99. The molecule has 0 saturated carbocycles. The minimum Gasteiger partial charge on any atom is -0.481 e. The van der Waals surface area contributed by atoms with Gasteiger partial charge in [0, 0.05) is 0 Å². The van der Waals surface area contributed by atoms with Gasteiger partial charge in [0.1, 0.15) is 5.75 Å². The Morgan fingerprint density at radius 1 is 0.839 bits per heavy atom. The monoisotopic (exact) mass is 416 g/mol. The van der Waals surface area contributed by atoms with E-state index in [1.54, 1.807) is 31.2 Å². The number of para-hydroxylation sites is 1. The first-order chi connectivity index (χ1) is 14.8. The van der Waals surface area contributed by atoms with Crippen LogP contribution in [-0.4, -0.2) is 17.9 Å². The molecule has 3 aromatic carbocycles. The molecule has 0 unspecified atom stereocenters. The molecule has 0 aliphatic heterocycles. The molecule has 0 radical (unpaired) electrons. The summed E-state index contributed by atoms with van der Waals surface area (Å²) in [6.07, 6.45) is -0.722. The van der Waals surface area contributed by atoms with Crippen LogP contribution in [0.2, 0.25) is 0 Å². The standard InChI is InChI=1S/C26H28N2O3/c1-17-14-18(2)16-22(15-17)31-20(4)25(29)28-24-13-9-8-12-23(24)26(30)27-19(3)21-10-6-5-7-11-21/h5-16,19-20H,1-4H3,(H,27,30)(H,28,29)/t19-,20-/m0/s1. The number of hydrogen-bond donors (Lipinski definition) is 2. The molecule has 0 spiro atoms. The van der Waals surface area contributed by atoms with Crippen molar-refractivity contribution in [2.45, 2.75) is 39.8 Å². The molecule has 2 N–H and O–H groups in total. The van der Waals surface area contributed by atoms with Crippen molar-refractivity contribution >= 4 is 17.5 Å². The van der Waals surface area contributed by atoms with Crippen LogP contribution >= 0.6 is 0 Å². The fourth-order valence-corrected chi connectivity index (χ4v) is 3.38. The zero-order valence-corrected chi connectivity index (χ0v) is 18.3. The van der Waals surface area contributed by atoms with E-state index in [2.05, 4.69) is 10.6 Å². The predicted molar refractivity (Wildman–Crippen MR) is 123 cm³/mol. The van der Waals surface area contributed by atoms with E-state index in [1.165, 1.54) is 0 Å². The third-order valence-corrected chi connectivity index (χ3v) is 4.95. The van der Waals surface area contributed by atoms with Crippen molar-refractivity contribution in [1.82, 2.24) is 5.32 Å². The Kier molecular flexibility index (Phi) is 7.08. The summed E-state index contributed by atoms with van der Waals surface area (Å²) in [4.78, 5) is 25.6. The number of rotatable bonds is 7. The molecule has 0 saturated heterocycles. The second-order valence-corrected chi connectivity index (χ2v) is 7.72. The van der Waals surface area contributed by atoms with Gasteiger partial charge in [0.05, 0.1) is 17.3 Å². The highest BCUT2D eigenvalue weighted by atomic mass is 16.5. The van der Waals surface area contributed by atoms with Gasteiger partial charge in [-0.2, -0.15) is 0 Å². The lowest BCUT2D eigenvalue weighted by Gasteiger charge is -2.18. The van der Waals surface area contributed by atoms with Gasteiger partial charge in [0.15, 0.2) is 6.10 Å². The molecule has 0 aliphatic carbocycles. The number of benzene rings is 3. The first-order valence-electron chi connectivity index (χ1n) is 10.3. The molecule has 0 bridgehead atoms. The maximum atomic E-state index is 12.9. The van der Waals surface area contributed by atoms with E-state index in [-0.39, 0.29) is 17.9 Å². The van der Waals surface area contributed by atoms with E-state index in [0.29, 0.717) is 17.0 Å². The fraction of sp³-hybridized carbons (Fsp3) is 0.231. The average molecular weight is 417 g/mol. The fourth-order valence-electron chi connectivity index (χ4n) is 3.38. The topological polar surface area (TPSA) is 67.4 Å². The van der Waals surface area contributed by atoms with Crippen LogP contribution in [-0.2, 0) is 4.79 Å². The molecule has 0 fully saturated rings. The Labute approximate surface area is 183 Å². The highest BCUT2D eigenvalue weighted by Gasteiger charge is 2.19. The van der Waals surface area contributed by atoms with Crippen molar-refractivity contribution in [3.05, 3.63) is 95.1 Å². The van der Waals surface area contributed by atoms with E-state index in [0.717, 1.165) is 16.7 Å². The van der Waals surface area contributed by atoms with Crippen LogP contribution in [0, 0.1) is 13.8 Å². The molecule has 0 aromatic heterocycles. The summed E-state index contributed by atoms with van der Waals surface area (Å²) < 4.78 is 5.82. The van der Waals surface area contributed by atoms with Crippen molar-refractivity contribution in [3.63, 3.8) is 0 Å². The number of ether oxygens (including phenoxy) is 1. The molecule has 0 aliphatic rings. The second kappa shape index (κ2) is 9.94. The number of aryl methyl sites for hydroxylation is 2. The van der Waals surface area contributed by atoms with E-state index >= 15 is 0 Å². The van der Waals surface area contributed by atoms with Crippen LogP contribution in [0.15, 0.2) is 72.8 Å². The Morgan fingerprint density at radius 3 is 2.13 bits per heavy atom. The maximum Gasteiger partial charge on any atom is 0.265 e. The molecule has 160 valence electrons. The van der Waals surface area contributed by atoms with Gasteiger partial charge in [-0.1, -0.05) is 48.5 Å². The number of nitrogens with one attached hydrogen (secondary N) is 2. The SMILES string of the molecule is Cc1cc(C)cc(O[C@@H](C)C(=O)Nc2ccccc2C(=O)N[C@@H](C)c2ccccc2)c1. The quantitative estimate of drug-likeness (QED) is 0.556. The van der Waals surface area contributed by atoms with Crippen molar-refractivity contribution < 1.29 is 14.3 Å². The van der Waals surface area contributed by atoms with Gasteiger partial charge in [-0.3, -0.25) is 9.59 Å². The molecule has 3 aromatic rings. The summed E-state index contributed by atoms with van der Waals surface area (Å²) in [5, 5.41) is 5.82. The van der Waals surface area contributed by atoms with E-state index < -0.39 is 6.10 Å².